The fourth-order valence-electron chi connectivity index (χ4n) is 3.05. The van der Waals surface area contributed by atoms with Crippen molar-refractivity contribution in [2.45, 2.75) is 36.2 Å². The molecule has 3 rings (SSSR count). The Kier molecular flexibility index (Phi) is 3.56. The Morgan fingerprint density at radius 3 is 2.86 bits per heavy atom. The van der Waals surface area contributed by atoms with Crippen LogP contribution >= 0.6 is 0 Å². The maximum atomic E-state index is 12.0. The fourth-order valence-corrected chi connectivity index (χ4v) is 3.05. The van der Waals surface area contributed by atoms with Gasteiger partial charge < -0.3 is 25.8 Å². The molecule has 10 nitrogen and oxygen atoms in total. The van der Waals surface area contributed by atoms with Crippen LogP contribution in [0.5, 0.6) is 0 Å². The van der Waals surface area contributed by atoms with E-state index < -0.39 is 48.8 Å². The van der Waals surface area contributed by atoms with Crippen LogP contribution < -0.4 is 16.4 Å². The van der Waals surface area contributed by atoms with Crippen LogP contribution in [0.2, 0.25) is 0 Å². The Bertz CT molecular complexity index is 563. The van der Waals surface area contributed by atoms with E-state index in [9.17, 15) is 20.1 Å². The van der Waals surface area contributed by atoms with Crippen LogP contribution in [-0.2, 0) is 9.53 Å². The molecule has 0 aromatic heterocycles. The van der Waals surface area contributed by atoms with Gasteiger partial charge in [0, 0.05) is 0 Å². The van der Waals surface area contributed by atoms with Crippen molar-refractivity contribution in [3.8, 4) is 12.3 Å². The average Bonchev–Trinajstić information content (AvgIpc) is 2.99. The third kappa shape index (κ3) is 1.92. The predicted octanol–water partition coefficient (Wildman–Crippen LogP) is -4.57. The molecule has 0 aromatic carbocycles. The highest BCUT2D eigenvalue weighted by molar-refractivity contribution is 6.02. The molecular weight excluding hydrogens is 294 g/mol. The van der Waals surface area contributed by atoms with Crippen LogP contribution in [0, 0.1) is 12.3 Å². The summed E-state index contributed by atoms with van der Waals surface area (Å²) in [5.74, 6) is 1.85. The minimum absolute atomic E-state index is 0.0890. The number of terminal acetylenes is 1. The minimum atomic E-state index is -1.47. The number of carbonyl (C=O) groups excluding carboxylic acids is 1. The first-order valence-corrected chi connectivity index (χ1v) is 6.71. The fraction of sp³-hybridized carbons (Fsp3) is 0.667. The van der Waals surface area contributed by atoms with Crippen molar-refractivity contribution in [2.75, 3.05) is 13.3 Å². The Balaban J connectivity index is 1.97. The van der Waals surface area contributed by atoms with Crippen molar-refractivity contribution in [1.82, 2.24) is 15.5 Å². The molecule has 2 unspecified atom stereocenters. The Hall–Kier alpha value is -1.74. The molecule has 7 N–H and O–H groups in total. The van der Waals surface area contributed by atoms with E-state index in [4.69, 9.17) is 16.9 Å². The molecule has 0 saturated carbocycles. The van der Waals surface area contributed by atoms with E-state index in [1.165, 1.54) is 4.90 Å². The number of ether oxygens (including phenoxy) is 1. The summed E-state index contributed by atoms with van der Waals surface area (Å²) < 4.78 is 5.46. The molecule has 120 valence electrons. The van der Waals surface area contributed by atoms with Gasteiger partial charge in [-0.1, -0.05) is 5.92 Å². The standard InChI is InChI=1S/C12H17N5O5/c1-2-12-8(9(21)15-11(13)16-12)14-4-17(12)10-7(20)6(19)5(3-18)22-10/h1,5-8,10,14,18-20H,3-4H2,(H3,13,15,16,21)/t5-,6-,7-,8?,10-,12?/m1/s1. The average molecular weight is 311 g/mol. The van der Waals surface area contributed by atoms with Crippen LogP contribution in [0.4, 0.5) is 0 Å². The van der Waals surface area contributed by atoms with Crippen molar-refractivity contribution in [1.29, 1.82) is 0 Å². The summed E-state index contributed by atoms with van der Waals surface area (Å²) in [5.41, 5.74) is 4.12. The smallest absolute Gasteiger partial charge is 0.248 e. The number of hydrogen-bond donors (Lipinski definition) is 6. The number of fused-ring (bicyclic) bond motifs is 1. The van der Waals surface area contributed by atoms with Crippen LogP contribution in [-0.4, -0.2) is 81.6 Å². The van der Waals surface area contributed by atoms with E-state index >= 15 is 0 Å². The highest BCUT2D eigenvalue weighted by atomic mass is 16.6. The number of hydrogen-bond acceptors (Lipinski definition) is 9. The van der Waals surface area contributed by atoms with Gasteiger partial charge in [0.2, 0.25) is 11.6 Å². The number of rotatable bonds is 2. The van der Waals surface area contributed by atoms with Crippen LogP contribution in [0.15, 0.2) is 4.99 Å². The molecule has 3 heterocycles. The third-order valence-corrected chi connectivity index (χ3v) is 4.15. The summed E-state index contributed by atoms with van der Waals surface area (Å²) in [6.07, 6.45) is 1.00. The van der Waals surface area contributed by atoms with E-state index in [0.29, 0.717) is 0 Å². The minimum Gasteiger partial charge on any atom is -0.394 e. The van der Waals surface area contributed by atoms with E-state index in [1.54, 1.807) is 0 Å². The van der Waals surface area contributed by atoms with Crippen LogP contribution in [0.1, 0.15) is 0 Å². The second-order valence-corrected chi connectivity index (χ2v) is 5.35. The van der Waals surface area contributed by atoms with Gasteiger partial charge in [0.15, 0.2) is 5.96 Å². The van der Waals surface area contributed by atoms with Crippen molar-refractivity contribution in [3.63, 3.8) is 0 Å². The first-order chi connectivity index (χ1) is 10.4. The molecule has 1 amide bonds. The molecule has 2 fully saturated rings. The monoisotopic (exact) mass is 311 g/mol. The number of aliphatic hydroxyl groups excluding tert-OH is 3. The van der Waals surface area contributed by atoms with E-state index in [2.05, 4.69) is 21.5 Å². The molecule has 0 aliphatic carbocycles. The summed E-state index contributed by atoms with van der Waals surface area (Å²) in [6, 6.07) is -0.870. The number of aliphatic hydroxyl groups is 3. The van der Waals surface area contributed by atoms with Crippen molar-refractivity contribution in [2.24, 2.45) is 10.7 Å². The maximum Gasteiger partial charge on any atom is 0.248 e. The van der Waals surface area contributed by atoms with Gasteiger partial charge in [-0.05, 0) is 0 Å². The van der Waals surface area contributed by atoms with E-state index in [0.717, 1.165) is 0 Å². The lowest BCUT2D eigenvalue weighted by molar-refractivity contribution is -0.129. The lowest BCUT2D eigenvalue weighted by atomic mass is 9.98. The molecule has 10 heteroatoms. The number of guanidine groups is 1. The number of nitrogens with zero attached hydrogens (tertiary/aromatic N) is 2. The molecule has 3 aliphatic heterocycles. The van der Waals surface area contributed by atoms with Gasteiger partial charge in [-0.15, -0.1) is 6.42 Å². The van der Waals surface area contributed by atoms with Gasteiger partial charge in [-0.2, -0.15) is 0 Å². The van der Waals surface area contributed by atoms with E-state index in [-0.39, 0.29) is 12.6 Å². The van der Waals surface area contributed by atoms with Crippen LogP contribution in [0.3, 0.4) is 0 Å². The highest BCUT2D eigenvalue weighted by Crippen LogP contribution is 2.35. The predicted molar refractivity (Wildman–Crippen MR) is 72.7 cm³/mol. The Morgan fingerprint density at radius 1 is 1.55 bits per heavy atom. The SMILES string of the molecule is C#CC12N=C(N)NC(=O)C1NCN2[C@@H]1O[C@H](CO)[C@@H](O)[C@H]1O. The number of nitrogens with two attached hydrogens (primary N) is 1. The normalized spacial score (nSPS) is 45.1. The number of aliphatic imine (C=N–C) groups is 1. The molecule has 0 bridgehead atoms. The van der Waals surface area contributed by atoms with Gasteiger partial charge in [-0.3, -0.25) is 15.4 Å². The van der Waals surface area contributed by atoms with Crippen molar-refractivity contribution in [3.05, 3.63) is 0 Å². The van der Waals surface area contributed by atoms with Gasteiger partial charge >= 0.3 is 0 Å². The molecule has 6 atom stereocenters. The van der Waals surface area contributed by atoms with Gasteiger partial charge in [0.05, 0.1) is 13.3 Å². The summed E-state index contributed by atoms with van der Waals surface area (Å²) in [4.78, 5) is 17.6. The zero-order chi connectivity index (χ0) is 16.1. The number of nitrogens with one attached hydrogen (secondary N) is 2. The second-order valence-electron chi connectivity index (χ2n) is 5.35. The zero-order valence-electron chi connectivity index (χ0n) is 11.5. The summed E-state index contributed by atoms with van der Waals surface area (Å²) in [5, 5.41) is 34.5. The lowest BCUT2D eigenvalue weighted by Crippen LogP contribution is -2.64. The van der Waals surface area contributed by atoms with Gasteiger partial charge in [0.1, 0.15) is 30.6 Å². The topological polar surface area (TPSA) is 153 Å². The summed E-state index contributed by atoms with van der Waals surface area (Å²) in [7, 11) is 0. The lowest BCUT2D eigenvalue weighted by Gasteiger charge is -2.39. The zero-order valence-corrected chi connectivity index (χ0v) is 11.5. The Morgan fingerprint density at radius 2 is 2.27 bits per heavy atom. The number of carbonyl (C=O) groups is 1. The van der Waals surface area contributed by atoms with Gasteiger partial charge in [0.25, 0.3) is 0 Å². The molecule has 0 radical (unpaired) electrons. The Labute approximate surface area is 125 Å². The third-order valence-electron chi connectivity index (χ3n) is 4.15. The maximum absolute atomic E-state index is 12.0. The van der Waals surface area contributed by atoms with Crippen molar-refractivity contribution >= 4 is 11.9 Å². The van der Waals surface area contributed by atoms with Crippen molar-refractivity contribution < 1.29 is 24.9 Å². The highest BCUT2D eigenvalue weighted by Gasteiger charge is 2.60. The second kappa shape index (κ2) is 5.17. The largest absolute Gasteiger partial charge is 0.394 e. The summed E-state index contributed by atoms with van der Waals surface area (Å²) in [6.45, 7) is -0.375. The molecule has 22 heavy (non-hydrogen) atoms. The van der Waals surface area contributed by atoms with E-state index in [1.807, 2.05) is 0 Å². The quantitative estimate of drug-likeness (QED) is 0.279. The molecule has 2 saturated heterocycles. The molecule has 0 spiro atoms. The summed E-state index contributed by atoms with van der Waals surface area (Å²) >= 11 is 0. The molecule has 0 aromatic rings. The molecule has 3 aliphatic rings. The first-order valence-electron chi connectivity index (χ1n) is 6.71. The van der Waals surface area contributed by atoms with Crippen LogP contribution in [0.25, 0.3) is 0 Å². The first kappa shape index (κ1) is 15.2. The number of amides is 1. The molecular formula is C12H17N5O5. The van der Waals surface area contributed by atoms with Gasteiger partial charge in [-0.25, -0.2) is 9.89 Å².